The number of benzene rings is 2. The molecule has 2 rings (SSSR count). The van der Waals surface area contributed by atoms with E-state index in [2.05, 4.69) is 6.07 Å². The Morgan fingerprint density at radius 2 is 2.00 bits per heavy atom. The molecule has 0 aliphatic heterocycles. The average Bonchev–Trinajstić information content (AvgIpc) is 2.28. The molecule has 0 fully saturated rings. The van der Waals surface area contributed by atoms with E-state index in [1.165, 1.54) is 12.1 Å². The molecular weight excluding hydrogens is 295 g/mol. The Bertz CT molecular complexity index is 436. The molecule has 0 heterocycles. The Kier molecular flexibility index (Phi) is 8.21. The van der Waals surface area contributed by atoms with Crippen LogP contribution in [0.3, 0.4) is 0 Å². The largest absolute Gasteiger partial charge is 2.00 e. The van der Waals surface area contributed by atoms with Crippen LogP contribution in [0.5, 0.6) is 5.75 Å². The molecular formula is C13H10BrFMgO. The average molecular weight is 305 g/mol. The summed E-state index contributed by atoms with van der Waals surface area (Å²) in [6.07, 6.45) is 0. The van der Waals surface area contributed by atoms with Crippen LogP contribution in [0.2, 0.25) is 0 Å². The molecule has 2 aromatic rings. The Morgan fingerprint density at radius 1 is 1.18 bits per heavy atom. The minimum absolute atomic E-state index is 0. The molecule has 4 heteroatoms. The van der Waals surface area contributed by atoms with Crippen molar-refractivity contribution in [3.63, 3.8) is 0 Å². The Balaban J connectivity index is 0.00000128. The standard InChI is InChI=1S/C13H10FO.BrH.Mg/c14-12-6-4-5-11(9-12)10-15-13-7-2-1-3-8-13;;/h1-2,4-9H,10H2;1H;/q-1;;+2/p-1. The molecule has 0 saturated carbocycles. The molecule has 0 unspecified atom stereocenters. The molecule has 0 aromatic heterocycles. The van der Waals surface area contributed by atoms with Crippen LogP contribution < -0.4 is 21.7 Å². The van der Waals surface area contributed by atoms with E-state index in [9.17, 15) is 4.39 Å². The van der Waals surface area contributed by atoms with E-state index in [0.717, 1.165) is 11.3 Å². The van der Waals surface area contributed by atoms with Crippen molar-refractivity contribution >= 4 is 23.1 Å². The van der Waals surface area contributed by atoms with Crippen LogP contribution in [-0.4, -0.2) is 23.1 Å². The van der Waals surface area contributed by atoms with Crippen LogP contribution >= 0.6 is 0 Å². The maximum absolute atomic E-state index is 12.8. The number of ether oxygens (including phenoxy) is 1. The summed E-state index contributed by atoms with van der Waals surface area (Å²) in [5.41, 5.74) is 0.818. The van der Waals surface area contributed by atoms with Crippen LogP contribution in [0.1, 0.15) is 5.56 Å². The van der Waals surface area contributed by atoms with Crippen LogP contribution in [0.4, 0.5) is 4.39 Å². The zero-order chi connectivity index (χ0) is 10.5. The first-order chi connectivity index (χ1) is 7.34. The smallest absolute Gasteiger partial charge is 1.00 e. The SMILES string of the molecule is Fc1cccc(COc2c[c-]ccc2)c1.[Br-].[Mg+2]. The summed E-state index contributed by atoms with van der Waals surface area (Å²) in [5.74, 6) is 0.498. The molecule has 17 heavy (non-hydrogen) atoms. The summed E-state index contributed by atoms with van der Waals surface area (Å²) in [7, 11) is 0. The molecule has 0 saturated heterocycles. The van der Waals surface area contributed by atoms with Gasteiger partial charge < -0.3 is 21.7 Å². The number of rotatable bonds is 3. The van der Waals surface area contributed by atoms with E-state index in [4.69, 9.17) is 4.74 Å². The molecule has 0 N–H and O–H groups in total. The molecule has 2 aromatic carbocycles. The summed E-state index contributed by atoms with van der Waals surface area (Å²) < 4.78 is 18.3. The second-order valence-electron chi connectivity index (χ2n) is 3.16. The molecule has 0 radical (unpaired) electrons. The van der Waals surface area contributed by atoms with Crippen molar-refractivity contribution in [2.75, 3.05) is 0 Å². The molecule has 0 amide bonds. The molecule has 0 aliphatic rings. The van der Waals surface area contributed by atoms with Gasteiger partial charge in [0.15, 0.2) is 0 Å². The predicted octanol–water partition coefficient (Wildman–Crippen LogP) is -0.172. The van der Waals surface area contributed by atoms with Crippen molar-refractivity contribution in [2.45, 2.75) is 6.61 Å². The normalized spacial score (nSPS) is 8.76. The van der Waals surface area contributed by atoms with Gasteiger partial charge in [-0.3, -0.25) is 0 Å². The molecule has 0 spiro atoms. The number of halogens is 2. The molecule has 0 aliphatic carbocycles. The summed E-state index contributed by atoms with van der Waals surface area (Å²) in [6.45, 7) is 0.371. The van der Waals surface area contributed by atoms with Crippen molar-refractivity contribution in [2.24, 2.45) is 0 Å². The van der Waals surface area contributed by atoms with Gasteiger partial charge in [0.2, 0.25) is 0 Å². The summed E-state index contributed by atoms with van der Waals surface area (Å²) >= 11 is 0. The van der Waals surface area contributed by atoms with Gasteiger partial charge in [0, 0.05) is 5.75 Å². The van der Waals surface area contributed by atoms with Gasteiger partial charge in [-0.15, -0.1) is 12.1 Å². The third-order valence-electron chi connectivity index (χ3n) is 1.97. The predicted molar refractivity (Wildman–Crippen MR) is 61.8 cm³/mol. The number of hydrogen-bond donors (Lipinski definition) is 0. The monoisotopic (exact) mass is 304 g/mol. The quantitative estimate of drug-likeness (QED) is 0.565. The summed E-state index contributed by atoms with van der Waals surface area (Å²) in [5, 5.41) is 0. The van der Waals surface area contributed by atoms with Crippen molar-refractivity contribution in [1.82, 2.24) is 0 Å². The van der Waals surface area contributed by atoms with Crippen LogP contribution in [-0.2, 0) is 6.61 Å². The van der Waals surface area contributed by atoms with Crippen molar-refractivity contribution in [3.05, 3.63) is 66.0 Å². The summed E-state index contributed by atoms with van der Waals surface area (Å²) in [4.78, 5) is 0. The van der Waals surface area contributed by atoms with E-state index >= 15 is 0 Å². The molecule has 84 valence electrons. The molecule has 0 bridgehead atoms. The van der Waals surface area contributed by atoms with Crippen LogP contribution in [0, 0.1) is 11.9 Å². The van der Waals surface area contributed by atoms with Crippen molar-refractivity contribution in [3.8, 4) is 5.75 Å². The molecule has 0 atom stereocenters. The molecule has 1 nitrogen and oxygen atoms in total. The van der Waals surface area contributed by atoms with Gasteiger partial charge in [0.25, 0.3) is 0 Å². The van der Waals surface area contributed by atoms with E-state index < -0.39 is 0 Å². The van der Waals surface area contributed by atoms with E-state index in [1.807, 2.05) is 18.2 Å². The first-order valence-corrected chi connectivity index (χ1v) is 4.68. The third kappa shape index (κ3) is 5.52. The van der Waals surface area contributed by atoms with Crippen LogP contribution in [0.25, 0.3) is 0 Å². The summed E-state index contributed by atoms with van der Waals surface area (Å²) in [6, 6.07) is 16.5. The zero-order valence-corrected chi connectivity index (χ0v) is 12.2. The Labute approximate surface area is 127 Å². The minimum atomic E-state index is -0.240. The fourth-order valence-electron chi connectivity index (χ4n) is 1.26. The fourth-order valence-corrected chi connectivity index (χ4v) is 1.26. The van der Waals surface area contributed by atoms with Crippen LogP contribution in [0.15, 0.2) is 48.5 Å². The van der Waals surface area contributed by atoms with Crippen molar-refractivity contribution < 1.29 is 26.1 Å². The van der Waals surface area contributed by atoms with Gasteiger partial charge in [0.05, 0.1) is 6.61 Å². The van der Waals surface area contributed by atoms with E-state index in [-0.39, 0.29) is 45.9 Å². The first kappa shape index (κ1) is 16.4. The second kappa shape index (κ2) is 8.50. The second-order valence-corrected chi connectivity index (χ2v) is 3.16. The topological polar surface area (TPSA) is 9.23 Å². The maximum Gasteiger partial charge on any atom is 2.00 e. The fraction of sp³-hybridized carbons (Fsp3) is 0.0769. The van der Waals surface area contributed by atoms with Gasteiger partial charge in [-0.1, -0.05) is 12.1 Å². The van der Waals surface area contributed by atoms with Gasteiger partial charge in [-0.2, -0.15) is 18.2 Å². The van der Waals surface area contributed by atoms with E-state index in [1.54, 1.807) is 18.2 Å². The van der Waals surface area contributed by atoms with Gasteiger partial charge in [-0.25, -0.2) is 4.39 Å². The van der Waals surface area contributed by atoms with E-state index in [0.29, 0.717) is 6.61 Å². The zero-order valence-electron chi connectivity index (χ0n) is 9.20. The first-order valence-electron chi connectivity index (χ1n) is 4.68. The van der Waals surface area contributed by atoms with Gasteiger partial charge in [-0.05, 0) is 17.7 Å². The van der Waals surface area contributed by atoms with Gasteiger partial charge in [0.1, 0.15) is 5.82 Å². The van der Waals surface area contributed by atoms with Gasteiger partial charge >= 0.3 is 23.1 Å². The third-order valence-corrected chi connectivity index (χ3v) is 1.97. The van der Waals surface area contributed by atoms with Crippen molar-refractivity contribution in [1.29, 1.82) is 0 Å². The Hall–Kier alpha value is -0.584. The number of hydrogen-bond acceptors (Lipinski definition) is 1. The maximum atomic E-state index is 12.8. The Morgan fingerprint density at radius 3 is 2.65 bits per heavy atom. The minimum Gasteiger partial charge on any atom is -1.00 e.